The fourth-order valence-electron chi connectivity index (χ4n) is 0.933. The Morgan fingerprint density at radius 3 is 2.70 bits per heavy atom. The van der Waals surface area contributed by atoms with E-state index in [1.807, 2.05) is 5.92 Å². The fraction of sp³-hybridized carbons (Fsp3) is 0.571. The first-order chi connectivity index (χ1) is 4.72. The Hall–Kier alpha value is -1.01. The summed E-state index contributed by atoms with van der Waals surface area (Å²) in [5.74, 6) is 1.56. The summed E-state index contributed by atoms with van der Waals surface area (Å²) in [6, 6.07) is 0.0959. The summed E-state index contributed by atoms with van der Waals surface area (Å²) in [6.07, 6.45) is 5.83. The number of hydrogen-bond donors (Lipinski definition) is 2. The summed E-state index contributed by atoms with van der Waals surface area (Å²) >= 11 is 0. The van der Waals surface area contributed by atoms with Gasteiger partial charge in [-0.1, -0.05) is 0 Å². The third-order valence-electron chi connectivity index (χ3n) is 1.58. The predicted molar refractivity (Wildman–Crippen MR) is 36.0 cm³/mol. The lowest BCUT2D eigenvalue weighted by atomic mass is 9.89. The number of terminal acetylenes is 1. The molecule has 0 spiro atoms. The monoisotopic (exact) mass is 139 g/mol. The number of aliphatic hydroxyl groups excluding tert-OH is 1. The molecule has 0 saturated heterocycles. The molecule has 1 amide bonds. The number of nitrogens with one attached hydrogen (secondary N) is 1. The van der Waals surface area contributed by atoms with Gasteiger partial charge in [-0.2, -0.15) is 0 Å². The van der Waals surface area contributed by atoms with E-state index in [4.69, 9.17) is 11.5 Å². The maximum Gasteiger partial charge on any atom is 0.295 e. The molecule has 10 heavy (non-hydrogen) atoms. The molecule has 3 heteroatoms. The van der Waals surface area contributed by atoms with Crippen LogP contribution in [0, 0.1) is 12.3 Å². The quantitative estimate of drug-likeness (QED) is 0.470. The van der Waals surface area contributed by atoms with Gasteiger partial charge in [0.05, 0.1) is 6.10 Å². The van der Waals surface area contributed by atoms with E-state index in [1.54, 1.807) is 0 Å². The van der Waals surface area contributed by atoms with Crippen molar-refractivity contribution >= 4 is 5.91 Å². The average molecular weight is 139 g/mol. The van der Waals surface area contributed by atoms with Gasteiger partial charge in [-0.05, 0) is 18.8 Å². The van der Waals surface area contributed by atoms with Gasteiger partial charge in [0.25, 0.3) is 5.91 Å². The maximum atomic E-state index is 10.5. The molecule has 0 unspecified atom stereocenters. The molecule has 0 bridgehead atoms. The summed E-state index contributed by atoms with van der Waals surface area (Å²) in [7, 11) is 0. The molecule has 3 nitrogen and oxygen atoms in total. The highest BCUT2D eigenvalue weighted by Crippen LogP contribution is 2.18. The number of hydrogen-bond acceptors (Lipinski definition) is 2. The summed E-state index contributed by atoms with van der Waals surface area (Å²) in [5, 5.41) is 11.4. The van der Waals surface area contributed by atoms with Crippen molar-refractivity contribution in [1.29, 1.82) is 0 Å². The summed E-state index contributed by atoms with van der Waals surface area (Å²) in [4.78, 5) is 10.5. The predicted octanol–water partition coefficient (Wildman–Crippen LogP) is -0.741. The Kier molecular flexibility index (Phi) is 1.93. The van der Waals surface area contributed by atoms with Gasteiger partial charge in [0.2, 0.25) is 0 Å². The number of carbonyl (C=O) groups is 1. The molecule has 1 aliphatic carbocycles. The van der Waals surface area contributed by atoms with Crippen LogP contribution in [-0.4, -0.2) is 23.2 Å². The first-order valence-electron chi connectivity index (χ1n) is 3.17. The molecular weight excluding hydrogens is 130 g/mol. The molecule has 0 aromatic carbocycles. The van der Waals surface area contributed by atoms with Crippen molar-refractivity contribution in [2.45, 2.75) is 25.0 Å². The van der Waals surface area contributed by atoms with E-state index in [0.29, 0.717) is 12.8 Å². The van der Waals surface area contributed by atoms with Gasteiger partial charge >= 0.3 is 0 Å². The van der Waals surface area contributed by atoms with E-state index >= 15 is 0 Å². The van der Waals surface area contributed by atoms with Gasteiger partial charge in [-0.3, -0.25) is 4.79 Å². The minimum absolute atomic E-state index is 0.0959. The molecule has 1 aliphatic rings. The Labute approximate surface area is 59.4 Å². The van der Waals surface area contributed by atoms with Gasteiger partial charge in [0.1, 0.15) is 0 Å². The maximum absolute atomic E-state index is 10.5. The molecule has 0 aromatic rings. The molecule has 54 valence electrons. The lowest BCUT2D eigenvalue weighted by Crippen LogP contribution is -2.46. The van der Waals surface area contributed by atoms with Gasteiger partial charge in [-0.25, -0.2) is 0 Å². The van der Waals surface area contributed by atoms with Gasteiger partial charge < -0.3 is 10.4 Å². The lowest BCUT2D eigenvalue weighted by molar-refractivity contribution is -0.117. The highest BCUT2D eigenvalue weighted by Gasteiger charge is 2.27. The largest absolute Gasteiger partial charge is 0.393 e. The Morgan fingerprint density at radius 2 is 2.30 bits per heavy atom. The zero-order valence-electron chi connectivity index (χ0n) is 5.50. The molecular formula is C7H9NO2. The van der Waals surface area contributed by atoms with Crippen LogP contribution < -0.4 is 5.32 Å². The van der Waals surface area contributed by atoms with E-state index in [-0.39, 0.29) is 12.1 Å². The first-order valence-corrected chi connectivity index (χ1v) is 3.17. The highest BCUT2D eigenvalue weighted by atomic mass is 16.3. The Morgan fingerprint density at radius 1 is 1.70 bits per heavy atom. The van der Waals surface area contributed by atoms with Crippen LogP contribution in [-0.2, 0) is 4.79 Å². The number of amides is 1. The number of aliphatic hydroxyl groups is 1. The van der Waals surface area contributed by atoms with Gasteiger partial charge in [0.15, 0.2) is 0 Å². The van der Waals surface area contributed by atoms with Crippen LogP contribution in [0.25, 0.3) is 0 Å². The zero-order chi connectivity index (χ0) is 7.56. The van der Waals surface area contributed by atoms with Crippen LogP contribution in [0.4, 0.5) is 0 Å². The molecule has 0 aliphatic heterocycles. The van der Waals surface area contributed by atoms with E-state index in [1.165, 1.54) is 0 Å². The third kappa shape index (κ3) is 1.49. The molecule has 0 atom stereocenters. The zero-order valence-corrected chi connectivity index (χ0v) is 5.50. The van der Waals surface area contributed by atoms with Gasteiger partial charge in [0, 0.05) is 6.04 Å². The van der Waals surface area contributed by atoms with Gasteiger partial charge in [-0.15, -0.1) is 6.42 Å². The van der Waals surface area contributed by atoms with Crippen molar-refractivity contribution < 1.29 is 9.90 Å². The molecule has 0 radical (unpaired) electrons. The fourth-order valence-corrected chi connectivity index (χ4v) is 0.933. The standard InChI is InChI=1S/C7H9NO2/c1-2-7(10)8-5-3-6(9)4-5/h1,5-6,9H,3-4H2,(H,8,10). The van der Waals surface area contributed by atoms with E-state index in [9.17, 15) is 4.79 Å². The molecule has 2 N–H and O–H groups in total. The second-order valence-electron chi connectivity index (χ2n) is 2.44. The van der Waals surface area contributed by atoms with Crippen LogP contribution in [0.2, 0.25) is 0 Å². The van der Waals surface area contributed by atoms with Crippen molar-refractivity contribution in [2.24, 2.45) is 0 Å². The molecule has 1 rings (SSSR count). The van der Waals surface area contributed by atoms with Crippen molar-refractivity contribution in [1.82, 2.24) is 5.32 Å². The third-order valence-corrected chi connectivity index (χ3v) is 1.58. The molecule has 1 fully saturated rings. The average Bonchev–Trinajstić information content (AvgIpc) is 1.84. The van der Waals surface area contributed by atoms with Crippen LogP contribution in [0.15, 0.2) is 0 Å². The SMILES string of the molecule is C#CC(=O)NC1CC(O)C1. The van der Waals surface area contributed by atoms with Crippen LogP contribution in [0.1, 0.15) is 12.8 Å². The normalized spacial score (nSPS) is 30.0. The number of carbonyl (C=O) groups excluding carboxylic acids is 1. The molecule has 1 saturated carbocycles. The van der Waals surface area contributed by atoms with E-state index in [2.05, 4.69) is 5.32 Å². The molecule has 0 heterocycles. The van der Waals surface area contributed by atoms with E-state index < -0.39 is 5.91 Å². The summed E-state index contributed by atoms with van der Waals surface area (Å²) < 4.78 is 0. The minimum Gasteiger partial charge on any atom is -0.393 e. The van der Waals surface area contributed by atoms with Crippen molar-refractivity contribution in [3.05, 3.63) is 0 Å². The van der Waals surface area contributed by atoms with Crippen LogP contribution >= 0.6 is 0 Å². The smallest absolute Gasteiger partial charge is 0.295 e. The van der Waals surface area contributed by atoms with Crippen LogP contribution in [0.5, 0.6) is 0 Å². The second-order valence-corrected chi connectivity index (χ2v) is 2.44. The minimum atomic E-state index is -0.392. The number of rotatable bonds is 1. The van der Waals surface area contributed by atoms with E-state index in [0.717, 1.165) is 0 Å². The summed E-state index contributed by atoms with van der Waals surface area (Å²) in [5.41, 5.74) is 0. The summed E-state index contributed by atoms with van der Waals surface area (Å²) in [6.45, 7) is 0. The lowest BCUT2D eigenvalue weighted by Gasteiger charge is -2.31. The highest BCUT2D eigenvalue weighted by molar-refractivity contribution is 5.93. The van der Waals surface area contributed by atoms with Crippen molar-refractivity contribution in [3.8, 4) is 12.3 Å². The Bertz CT molecular complexity index is 177. The Balaban J connectivity index is 2.18. The second kappa shape index (κ2) is 2.72. The topological polar surface area (TPSA) is 49.3 Å². The molecule has 0 aromatic heterocycles. The van der Waals surface area contributed by atoms with Crippen molar-refractivity contribution in [3.63, 3.8) is 0 Å². The van der Waals surface area contributed by atoms with Crippen LogP contribution in [0.3, 0.4) is 0 Å². The first kappa shape index (κ1) is 7.10. The van der Waals surface area contributed by atoms with Crippen molar-refractivity contribution in [2.75, 3.05) is 0 Å².